The quantitative estimate of drug-likeness (QED) is 0.717. The lowest BCUT2D eigenvalue weighted by Gasteiger charge is -2.10. The van der Waals surface area contributed by atoms with Crippen LogP contribution in [-0.2, 0) is 0 Å². The lowest BCUT2D eigenvalue weighted by molar-refractivity contribution is 0.628. The summed E-state index contributed by atoms with van der Waals surface area (Å²) in [4.78, 5) is 0. The molecule has 0 atom stereocenters. The van der Waals surface area contributed by atoms with Crippen LogP contribution < -0.4 is 16.8 Å². The zero-order valence-electron chi connectivity index (χ0n) is 8.87. The first-order valence-electron chi connectivity index (χ1n) is 4.93. The normalized spacial score (nSPS) is 10.2. The van der Waals surface area contributed by atoms with Crippen molar-refractivity contribution in [2.24, 2.45) is 0 Å². The molecule has 17 heavy (non-hydrogen) atoms. The topological polar surface area (TPSA) is 64.1 Å². The van der Waals surface area contributed by atoms with Crippen molar-refractivity contribution < 1.29 is 4.39 Å². The van der Waals surface area contributed by atoms with E-state index in [1.807, 2.05) is 0 Å². The molecule has 0 fully saturated rings. The summed E-state index contributed by atoms with van der Waals surface area (Å²) in [5.74, 6) is -0.377. The molecule has 0 saturated heterocycles. The van der Waals surface area contributed by atoms with Crippen LogP contribution in [0.15, 0.2) is 36.4 Å². The summed E-state index contributed by atoms with van der Waals surface area (Å²) in [6, 6.07) is 9.28. The molecular formula is C12H11ClFN3. The lowest BCUT2D eigenvalue weighted by Crippen LogP contribution is -1.97. The predicted octanol–water partition coefficient (Wildman–Crippen LogP) is 3.39. The van der Waals surface area contributed by atoms with Gasteiger partial charge in [0.1, 0.15) is 5.82 Å². The molecule has 0 aliphatic heterocycles. The smallest absolute Gasteiger partial charge is 0.124 e. The second-order valence-corrected chi connectivity index (χ2v) is 4.00. The molecule has 0 aliphatic rings. The third kappa shape index (κ3) is 2.60. The number of nitrogen functional groups attached to an aromatic ring is 2. The van der Waals surface area contributed by atoms with Gasteiger partial charge in [-0.15, -0.1) is 0 Å². The van der Waals surface area contributed by atoms with E-state index >= 15 is 0 Å². The van der Waals surface area contributed by atoms with Gasteiger partial charge in [-0.2, -0.15) is 0 Å². The van der Waals surface area contributed by atoms with E-state index < -0.39 is 0 Å². The number of hydrogen-bond donors (Lipinski definition) is 3. The van der Waals surface area contributed by atoms with Gasteiger partial charge in [0.2, 0.25) is 0 Å². The van der Waals surface area contributed by atoms with E-state index in [4.69, 9.17) is 23.1 Å². The number of benzene rings is 2. The molecule has 0 unspecified atom stereocenters. The fourth-order valence-electron chi connectivity index (χ4n) is 1.40. The summed E-state index contributed by atoms with van der Waals surface area (Å²) < 4.78 is 12.9. The van der Waals surface area contributed by atoms with Crippen LogP contribution in [0.4, 0.5) is 27.1 Å². The van der Waals surface area contributed by atoms with E-state index in [2.05, 4.69) is 5.32 Å². The molecule has 0 aromatic heterocycles. The minimum absolute atomic E-state index is 0.306. The van der Waals surface area contributed by atoms with Gasteiger partial charge < -0.3 is 16.8 Å². The van der Waals surface area contributed by atoms with E-state index in [0.717, 1.165) is 5.69 Å². The van der Waals surface area contributed by atoms with Crippen LogP contribution in [0.1, 0.15) is 0 Å². The first kappa shape index (κ1) is 11.5. The van der Waals surface area contributed by atoms with Gasteiger partial charge in [0.25, 0.3) is 0 Å². The third-order valence-corrected chi connectivity index (χ3v) is 2.61. The second kappa shape index (κ2) is 4.51. The number of anilines is 4. The maximum atomic E-state index is 12.9. The van der Waals surface area contributed by atoms with E-state index in [-0.39, 0.29) is 5.82 Å². The van der Waals surface area contributed by atoms with Crippen molar-refractivity contribution in [2.75, 3.05) is 16.8 Å². The van der Waals surface area contributed by atoms with Gasteiger partial charge in [-0.3, -0.25) is 0 Å². The lowest BCUT2D eigenvalue weighted by atomic mass is 10.2. The highest BCUT2D eigenvalue weighted by molar-refractivity contribution is 6.33. The van der Waals surface area contributed by atoms with Gasteiger partial charge in [0.05, 0.1) is 22.1 Å². The highest BCUT2D eigenvalue weighted by atomic mass is 35.5. The summed E-state index contributed by atoms with van der Waals surface area (Å²) in [7, 11) is 0. The van der Waals surface area contributed by atoms with Crippen LogP contribution in [0.25, 0.3) is 0 Å². The Kier molecular flexibility index (Phi) is 3.06. The maximum Gasteiger partial charge on any atom is 0.124 e. The molecule has 0 bridgehead atoms. The van der Waals surface area contributed by atoms with Crippen molar-refractivity contribution in [1.82, 2.24) is 0 Å². The number of hydrogen-bond acceptors (Lipinski definition) is 3. The summed E-state index contributed by atoms with van der Waals surface area (Å²) in [5, 5.41) is 3.34. The Morgan fingerprint density at radius 3 is 2.41 bits per heavy atom. The molecule has 0 radical (unpaired) electrons. The van der Waals surface area contributed by atoms with Gasteiger partial charge in [0.15, 0.2) is 0 Å². The highest BCUT2D eigenvalue weighted by Crippen LogP contribution is 2.28. The molecule has 5 heteroatoms. The Morgan fingerprint density at radius 2 is 1.76 bits per heavy atom. The van der Waals surface area contributed by atoms with Gasteiger partial charge in [-0.05, 0) is 36.4 Å². The van der Waals surface area contributed by atoms with Gasteiger partial charge in [0, 0.05) is 5.69 Å². The average molecular weight is 252 g/mol. The number of rotatable bonds is 2. The molecule has 5 N–H and O–H groups in total. The van der Waals surface area contributed by atoms with E-state index in [1.165, 1.54) is 12.1 Å². The number of nitrogens with two attached hydrogens (primary N) is 2. The molecule has 88 valence electrons. The molecule has 3 nitrogen and oxygen atoms in total. The number of nitrogens with one attached hydrogen (secondary N) is 1. The Hall–Kier alpha value is -1.94. The number of halogens is 2. The Bertz CT molecular complexity index is 557. The van der Waals surface area contributed by atoms with Crippen molar-refractivity contribution >= 4 is 34.4 Å². The van der Waals surface area contributed by atoms with Gasteiger partial charge in [-0.25, -0.2) is 4.39 Å². The minimum Gasteiger partial charge on any atom is -0.397 e. The van der Waals surface area contributed by atoms with Gasteiger partial charge >= 0.3 is 0 Å². The third-order valence-electron chi connectivity index (χ3n) is 2.30. The SMILES string of the molecule is Nc1ccc(Nc2ccc(F)cc2Cl)cc1N. The molecular weight excluding hydrogens is 241 g/mol. The monoisotopic (exact) mass is 251 g/mol. The largest absolute Gasteiger partial charge is 0.397 e. The second-order valence-electron chi connectivity index (χ2n) is 3.59. The van der Waals surface area contributed by atoms with Crippen LogP contribution in [-0.4, -0.2) is 0 Å². The Morgan fingerprint density at radius 1 is 1.00 bits per heavy atom. The molecule has 2 aromatic carbocycles. The van der Waals surface area contributed by atoms with Crippen LogP contribution in [0, 0.1) is 5.82 Å². The van der Waals surface area contributed by atoms with Crippen LogP contribution >= 0.6 is 11.6 Å². The van der Waals surface area contributed by atoms with Crippen LogP contribution in [0.5, 0.6) is 0 Å². The summed E-state index contributed by atoms with van der Waals surface area (Å²) >= 11 is 5.89. The van der Waals surface area contributed by atoms with E-state index in [9.17, 15) is 4.39 Å². The molecule has 0 spiro atoms. The zero-order valence-corrected chi connectivity index (χ0v) is 9.63. The molecule has 2 aromatic rings. The van der Waals surface area contributed by atoms with Crippen molar-refractivity contribution in [1.29, 1.82) is 0 Å². The van der Waals surface area contributed by atoms with Crippen LogP contribution in [0.2, 0.25) is 5.02 Å². The first-order chi connectivity index (χ1) is 8.06. The van der Waals surface area contributed by atoms with Crippen molar-refractivity contribution in [3.05, 3.63) is 47.2 Å². The highest BCUT2D eigenvalue weighted by Gasteiger charge is 2.03. The fourth-order valence-corrected chi connectivity index (χ4v) is 1.61. The van der Waals surface area contributed by atoms with Crippen molar-refractivity contribution in [2.45, 2.75) is 0 Å². The zero-order chi connectivity index (χ0) is 12.4. The first-order valence-corrected chi connectivity index (χ1v) is 5.31. The summed E-state index contributed by atoms with van der Waals surface area (Å²) in [6.45, 7) is 0. The molecule has 2 rings (SSSR count). The Labute approximate surface area is 103 Å². The molecule has 0 aliphatic carbocycles. The average Bonchev–Trinajstić information content (AvgIpc) is 2.27. The molecule has 0 saturated carbocycles. The maximum absolute atomic E-state index is 12.9. The summed E-state index contributed by atoms with van der Waals surface area (Å²) in [5.41, 5.74) is 13.6. The van der Waals surface area contributed by atoms with Crippen molar-refractivity contribution in [3.63, 3.8) is 0 Å². The molecule has 0 amide bonds. The van der Waals surface area contributed by atoms with E-state index in [1.54, 1.807) is 24.3 Å². The predicted molar refractivity (Wildman–Crippen MR) is 70.0 cm³/mol. The Balaban J connectivity index is 2.28. The van der Waals surface area contributed by atoms with Crippen molar-refractivity contribution in [3.8, 4) is 0 Å². The minimum atomic E-state index is -0.377. The van der Waals surface area contributed by atoms with Crippen LogP contribution in [0.3, 0.4) is 0 Å². The summed E-state index contributed by atoms with van der Waals surface area (Å²) in [6.07, 6.45) is 0. The molecule has 0 heterocycles. The fraction of sp³-hybridized carbons (Fsp3) is 0. The standard InChI is InChI=1S/C12H11ClFN3/c13-9-5-7(14)1-4-12(9)17-8-2-3-10(15)11(16)6-8/h1-6,17H,15-16H2. The van der Waals surface area contributed by atoms with E-state index in [0.29, 0.717) is 22.1 Å². The van der Waals surface area contributed by atoms with Gasteiger partial charge in [-0.1, -0.05) is 11.6 Å².